The Morgan fingerprint density at radius 1 is 1.35 bits per heavy atom. The van der Waals surface area contributed by atoms with Crippen LogP contribution in [0.15, 0.2) is 29.2 Å². The van der Waals surface area contributed by atoms with Gasteiger partial charge in [0.1, 0.15) is 0 Å². The fraction of sp³-hybridized carbons (Fsp3) is 0.462. The Morgan fingerprint density at radius 2 is 1.90 bits per heavy atom. The molecule has 112 valence electrons. The first-order valence-electron chi connectivity index (χ1n) is 6.14. The molecule has 0 amide bonds. The first-order chi connectivity index (χ1) is 9.31. The van der Waals surface area contributed by atoms with Crippen molar-refractivity contribution in [2.45, 2.75) is 11.8 Å². The highest BCUT2D eigenvalue weighted by atomic mass is 32.2. The summed E-state index contributed by atoms with van der Waals surface area (Å²) in [6, 6.07) is 6.46. The number of nitrogens with zero attached hydrogens (tertiary/aromatic N) is 1. The van der Waals surface area contributed by atoms with E-state index in [0.717, 1.165) is 5.69 Å². The molecule has 0 fully saturated rings. The molecule has 20 heavy (non-hydrogen) atoms. The average Bonchev–Trinajstić information content (AvgIpc) is 2.46. The molecule has 0 aliphatic rings. The van der Waals surface area contributed by atoms with Gasteiger partial charge in [0.25, 0.3) is 0 Å². The summed E-state index contributed by atoms with van der Waals surface area (Å²) in [5, 5.41) is 0. The van der Waals surface area contributed by atoms with Crippen LogP contribution in [0, 0.1) is 5.92 Å². The number of anilines is 1. The summed E-state index contributed by atoms with van der Waals surface area (Å²) in [4.78, 5) is 13.4. The van der Waals surface area contributed by atoms with Gasteiger partial charge in [0.2, 0.25) is 10.0 Å². The van der Waals surface area contributed by atoms with Gasteiger partial charge in [-0.25, -0.2) is 13.1 Å². The number of carbonyl (C=O) groups is 1. The minimum Gasteiger partial charge on any atom is -0.469 e. The third kappa shape index (κ3) is 3.94. The molecule has 1 unspecified atom stereocenters. The van der Waals surface area contributed by atoms with Crippen LogP contribution >= 0.6 is 0 Å². The number of hydrogen-bond acceptors (Lipinski definition) is 5. The standard InChI is InChI=1S/C13H20N2O4S/c1-10(13(16)19-4)9-15(3)11-5-7-12(8-6-11)20(17,18)14-2/h5-8,10,14H,9H2,1-4H3. The summed E-state index contributed by atoms with van der Waals surface area (Å²) in [6.45, 7) is 2.27. The zero-order chi connectivity index (χ0) is 15.3. The summed E-state index contributed by atoms with van der Waals surface area (Å²) >= 11 is 0. The second-order valence-corrected chi connectivity index (χ2v) is 6.39. The highest BCUT2D eigenvalue weighted by Gasteiger charge is 2.16. The van der Waals surface area contributed by atoms with Crippen LogP contribution < -0.4 is 9.62 Å². The lowest BCUT2D eigenvalue weighted by atomic mass is 10.1. The molecular weight excluding hydrogens is 280 g/mol. The van der Waals surface area contributed by atoms with Crippen LogP contribution in [0.25, 0.3) is 0 Å². The number of rotatable bonds is 6. The minimum absolute atomic E-state index is 0.207. The lowest BCUT2D eigenvalue weighted by Crippen LogP contribution is -2.29. The Balaban J connectivity index is 2.81. The number of ether oxygens (including phenoxy) is 1. The normalized spacial score (nSPS) is 12.8. The lowest BCUT2D eigenvalue weighted by Gasteiger charge is -2.22. The van der Waals surface area contributed by atoms with Gasteiger partial charge in [-0.2, -0.15) is 0 Å². The van der Waals surface area contributed by atoms with Crippen molar-refractivity contribution in [3.8, 4) is 0 Å². The predicted molar refractivity (Wildman–Crippen MR) is 77.1 cm³/mol. The van der Waals surface area contributed by atoms with E-state index in [-0.39, 0.29) is 16.8 Å². The van der Waals surface area contributed by atoms with Crippen molar-refractivity contribution in [2.75, 3.05) is 32.6 Å². The number of nitrogens with one attached hydrogen (secondary N) is 1. The van der Waals surface area contributed by atoms with Gasteiger partial charge in [0.05, 0.1) is 17.9 Å². The van der Waals surface area contributed by atoms with E-state index in [1.54, 1.807) is 19.1 Å². The van der Waals surface area contributed by atoms with Gasteiger partial charge in [0, 0.05) is 19.3 Å². The molecule has 0 radical (unpaired) electrons. The summed E-state index contributed by atoms with van der Waals surface area (Å²) < 4.78 is 30.1. The Bertz CT molecular complexity index is 554. The highest BCUT2D eigenvalue weighted by molar-refractivity contribution is 7.89. The fourth-order valence-electron chi connectivity index (χ4n) is 1.79. The van der Waals surface area contributed by atoms with Crippen molar-refractivity contribution in [3.63, 3.8) is 0 Å². The summed E-state index contributed by atoms with van der Waals surface area (Å²) in [6.07, 6.45) is 0. The first kappa shape index (κ1) is 16.5. The monoisotopic (exact) mass is 300 g/mol. The number of methoxy groups -OCH3 is 1. The van der Waals surface area contributed by atoms with Crippen molar-refractivity contribution < 1.29 is 17.9 Å². The molecule has 1 aromatic rings. The van der Waals surface area contributed by atoms with Crippen molar-refractivity contribution in [1.29, 1.82) is 0 Å². The summed E-state index contributed by atoms with van der Waals surface area (Å²) in [5.41, 5.74) is 0.829. The second kappa shape index (κ2) is 6.71. The lowest BCUT2D eigenvalue weighted by molar-refractivity contribution is -0.144. The predicted octanol–water partition coefficient (Wildman–Crippen LogP) is 0.840. The van der Waals surface area contributed by atoms with Crippen LogP contribution in [0.1, 0.15) is 6.92 Å². The molecule has 7 heteroatoms. The Labute approximate surface area is 119 Å². The molecule has 0 aliphatic heterocycles. The number of esters is 1. The Morgan fingerprint density at radius 3 is 2.35 bits per heavy atom. The maximum Gasteiger partial charge on any atom is 0.310 e. The summed E-state index contributed by atoms with van der Waals surface area (Å²) in [5.74, 6) is -0.531. The van der Waals surface area contributed by atoms with Crippen LogP contribution in [0.3, 0.4) is 0 Å². The van der Waals surface area contributed by atoms with E-state index in [1.807, 2.05) is 11.9 Å². The second-order valence-electron chi connectivity index (χ2n) is 4.51. The summed E-state index contributed by atoms with van der Waals surface area (Å²) in [7, 11) is 1.14. The van der Waals surface area contributed by atoms with Crippen molar-refractivity contribution in [2.24, 2.45) is 5.92 Å². The molecule has 0 aliphatic carbocycles. The van der Waals surface area contributed by atoms with Crippen molar-refractivity contribution in [1.82, 2.24) is 4.72 Å². The number of benzene rings is 1. The average molecular weight is 300 g/mol. The molecular formula is C13H20N2O4S. The molecule has 1 atom stereocenters. The third-order valence-corrected chi connectivity index (χ3v) is 4.44. The largest absolute Gasteiger partial charge is 0.469 e. The van der Waals surface area contributed by atoms with Gasteiger partial charge in [-0.1, -0.05) is 6.92 Å². The van der Waals surface area contributed by atoms with Crippen molar-refractivity contribution >= 4 is 21.7 Å². The van der Waals surface area contributed by atoms with Gasteiger partial charge in [-0.15, -0.1) is 0 Å². The van der Waals surface area contributed by atoms with Crippen molar-refractivity contribution in [3.05, 3.63) is 24.3 Å². The van der Waals surface area contributed by atoms with Gasteiger partial charge < -0.3 is 9.64 Å². The molecule has 0 aromatic heterocycles. The maximum absolute atomic E-state index is 11.6. The maximum atomic E-state index is 11.6. The molecule has 0 saturated carbocycles. The topological polar surface area (TPSA) is 75.7 Å². The van der Waals surface area contributed by atoms with Crippen LogP contribution in [0.2, 0.25) is 0 Å². The van der Waals surface area contributed by atoms with Crippen LogP contribution in [0.5, 0.6) is 0 Å². The Hall–Kier alpha value is -1.60. The van der Waals surface area contributed by atoms with Gasteiger partial charge in [-0.3, -0.25) is 4.79 Å². The minimum atomic E-state index is -3.42. The number of hydrogen-bond donors (Lipinski definition) is 1. The van der Waals surface area contributed by atoms with E-state index in [9.17, 15) is 13.2 Å². The van der Waals surface area contributed by atoms with Gasteiger partial charge >= 0.3 is 5.97 Å². The highest BCUT2D eigenvalue weighted by Crippen LogP contribution is 2.18. The van der Waals surface area contributed by atoms with E-state index < -0.39 is 10.0 Å². The molecule has 1 aromatic carbocycles. The quantitative estimate of drug-likeness (QED) is 0.788. The Kier molecular flexibility index (Phi) is 5.52. The molecule has 6 nitrogen and oxygen atoms in total. The molecule has 1 rings (SSSR count). The molecule has 0 bridgehead atoms. The SMILES string of the molecule is CNS(=O)(=O)c1ccc(N(C)CC(C)C(=O)OC)cc1. The van der Waals surface area contributed by atoms with E-state index >= 15 is 0 Å². The number of sulfonamides is 1. The van der Waals surface area contributed by atoms with Crippen LogP contribution in [-0.4, -0.2) is 42.1 Å². The molecule has 0 heterocycles. The first-order valence-corrected chi connectivity index (χ1v) is 7.62. The van der Waals surface area contributed by atoms with E-state index in [4.69, 9.17) is 0 Å². The number of carbonyl (C=O) groups excluding carboxylic acids is 1. The zero-order valence-electron chi connectivity index (χ0n) is 12.1. The van der Waals surface area contributed by atoms with E-state index in [2.05, 4.69) is 9.46 Å². The van der Waals surface area contributed by atoms with E-state index in [1.165, 1.54) is 26.3 Å². The van der Waals surface area contributed by atoms with E-state index in [0.29, 0.717) is 6.54 Å². The van der Waals surface area contributed by atoms with Gasteiger partial charge in [-0.05, 0) is 31.3 Å². The zero-order valence-corrected chi connectivity index (χ0v) is 12.9. The van der Waals surface area contributed by atoms with Crippen LogP contribution in [0.4, 0.5) is 5.69 Å². The molecule has 1 N–H and O–H groups in total. The smallest absolute Gasteiger partial charge is 0.310 e. The van der Waals surface area contributed by atoms with Crippen LogP contribution in [-0.2, 0) is 19.6 Å². The molecule has 0 saturated heterocycles. The molecule has 0 spiro atoms. The third-order valence-electron chi connectivity index (χ3n) is 3.01. The fourth-order valence-corrected chi connectivity index (χ4v) is 2.52. The van der Waals surface area contributed by atoms with Gasteiger partial charge in [0.15, 0.2) is 0 Å².